The third kappa shape index (κ3) is 4.08. The van der Waals surface area contributed by atoms with E-state index in [0.29, 0.717) is 10.6 Å². The third-order valence-corrected chi connectivity index (χ3v) is 6.58. The molecular weight excluding hydrogens is 420 g/mol. The molecule has 30 heavy (non-hydrogen) atoms. The van der Waals surface area contributed by atoms with Crippen molar-refractivity contribution in [3.05, 3.63) is 64.7 Å². The topological polar surface area (TPSA) is 93.0 Å². The lowest BCUT2D eigenvalue weighted by atomic mass is 9.94. The van der Waals surface area contributed by atoms with E-state index >= 15 is 0 Å². The van der Waals surface area contributed by atoms with Gasteiger partial charge in [-0.1, -0.05) is 49.2 Å². The molecule has 7 heteroatoms. The molecule has 4 rings (SSSR count). The third-order valence-electron chi connectivity index (χ3n) is 5.40. The molecule has 0 spiro atoms. The monoisotopic (exact) mass is 442 g/mol. The molecule has 0 radical (unpaired) electrons. The maximum atomic E-state index is 13.3. The fourth-order valence-corrected chi connectivity index (χ4v) is 4.39. The molecule has 1 aliphatic carbocycles. The smallest absolute Gasteiger partial charge is 0.238 e. The number of halogens is 1. The number of aromatic nitrogens is 1. The molecule has 0 bridgehead atoms. The number of hydrogen-bond acceptors (Lipinski definition) is 3. The van der Waals surface area contributed by atoms with Crippen LogP contribution in [-0.4, -0.2) is 19.2 Å². The average molecular weight is 443 g/mol. The molecule has 3 aromatic rings. The van der Waals surface area contributed by atoms with Crippen molar-refractivity contribution in [2.45, 2.75) is 37.5 Å². The Bertz CT molecular complexity index is 1190. The van der Waals surface area contributed by atoms with Crippen molar-refractivity contribution >= 4 is 27.4 Å². The van der Waals surface area contributed by atoms with Gasteiger partial charge in [-0.05, 0) is 60.2 Å². The number of H-pyrrole nitrogens is 1. The molecule has 3 N–H and O–H groups in total. The van der Waals surface area contributed by atoms with Gasteiger partial charge in [0.05, 0.1) is 10.6 Å². The number of Topliss-reactive ketones (excluding diaryl/α,β-unsaturated/α-hetero) is 1. The minimum absolute atomic E-state index is 0.0413. The number of sulfonamides is 1. The van der Waals surface area contributed by atoms with Crippen LogP contribution in [0.25, 0.3) is 22.5 Å². The first-order valence-electron chi connectivity index (χ1n) is 9.97. The Labute approximate surface area is 181 Å². The number of aromatic amines is 1. The molecule has 0 atom stereocenters. The quantitative estimate of drug-likeness (QED) is 0.493. The number of nitrogens with two attached hydrogens (primary N) is 1. The molecule has 0 aliphatic heterocycles. The van der Waals surface area contributed by atoms with Crippen LogP contribution in [-0.2, 0) is 16.4 Å². The van der Waals surface area contributed by atoms with Gasteiger partial charge in [0.2, 0.25) is 10.0 Å². The van der Waals surface area contributed by atoms with Gasteiger partial charge >= 0.3 is 0 Å². The van der Waals surface area contributed by atoms with Crippen molar-refractivity contribution in [1.82, 2.24) is 4.98 Å². The summed E-state index contributed by atoms with van der Waals surface area (Å²) in [6.45, 7) is 2.09. The van der Waals surface area contributed by atoms with Gasteiger partial charge in [-0.3, -0.25) is 4.79 Å². The van der Waals surface area contributed by atoms with Crippen LogP contribution in [0.1, 0.15) is 42.1 Å². The predicted octanol–water partition coefficient (Wildman–Crippen LogP) is 5.19. The van der Waals surface area contributed by atoms with Crippen molar-refractivity contribution in [2.24, 2.45) is 11.1 Å². The van der Waals surface area contributed by atoms with E-state index in [1.54, 1.807) is 12.1 Å². The maximum absolute atomic E-state index is 13.3. The summed E-state index contributed by atoms with van der Waals surface area (Å²) >= 11 is 6.06. The highest BCUT2D eigenvalue weighted by atomic mass is 35.5. The zero-order valence-electron chi connectivity index (χ0n) is 16.6. The molecule has 156 valence electrons. The number of benzene rings is 2. The number of carbonyl (C=O) groups is 1. The Morgan fingerprint density at radius 3 is 2.13 bits per heavy atom. The van der Waals surface area contributed by atoms with Crippen LogP contribution in [0, 0.1) is 5.92 Å². The first-order valence-corrected chi connectivity index (χ1v) is 11.9. The van der Waals surface area contributed by atoms with Gasteiger partial charge < -0.3 is 4.98 Å². The zero-order valence-corrected chi connectivity index (χ0v) is 18.2. The van der Waals surface area contributed by atoms with Gasteiger partial charge in [0.1, 0.15) is 0 Å². The summed E-state index contributed by atoms with van der Waals surface area (Å²) in [6.07, 6.45) is 3.48. The molecule has 2 aromatic carbocycles. The van der Waals surface area contributed by atoms with Crippen molar-refractivity contribution in [3.8, 4) is 22.5 Å². The van der Waals surface area contributed by atoms with E-state index < -0.39 is 10.0 Å². The lowest BCUT2D eigenvalue weighted by Crippen LogP contribution is -2.11. The number of primary sulfonamides is 1. The van der Waals surface area contributed by atoms with Crippen molar-refractivity contribution in [2.75, 3.05) is 0 Å². The second kappa shape index (κ2) is 8.02. The minimum Gasteiger partial charge on any atom is -0.354 e. The van der Waals surface area contributed by atoms with Gasteiger partial charge in [0.15, 0.2) is 5.78 Å². The minimum atomic E-state index is -3.78. The summed E-state index contributed by atoms with van der Waals surface area (Å²) in [5.74, 6) is 0.220. The average Bonchev–Trinajstić information content (AvgIpc) is 3.50. The Morgan fingerprint density at radius 2 is 1.60 bits per heavy atom. The second-order valence-corrected chi connectivity index (χ2v) is 9.69. The van der Waals surface area contributed by atoms with Gasteiger partial charge in [0.25, 0.3) is 0 Å². The van der Waals surface area contributed by atoms with E-state index in [4.69, 9.17) is 16.7 Å². The van der Waals surface area contributed by atoms with E-state index in [2.05, 4.69) is 11.9 Å². The molecule has 1 heterocycles. The highest BCUT2D eigenvalue weighted by molar-refractivity contribution is 7.89. The van der Waals surface area contributed by atoms with Crippen molar-refractivity contribution in [1.29, 1.82) is 0 Å². The molecular formula is C23H23ClN2O3S. The molecule has 0 saturated heterocycles. The van der Waals surface area contributed by atoms with Gasteiger partial charge in [-0.25, -0.2) is 13.6 Å². The second-order valence-electron chi connectivity index (χ2n) is 7.69. The first-order chi connectivity index (χ1) is 14.3. The number of ketones is 1. The first kappa shape index (κ1) is 20.8. The van der Waals surface area contributed by atoms with Crippen molar-refractivity contribution < 1.29 is 13.2 Å². The summed E-state index contributed by atoms with van der Waals surface area (Å²) in [4.78, 5) is 16.8. The maximum Gasteiger partial charge on any atom is 0.238 e. The predicted molar refractivity (Wildman–Crippen MR) is 119 cm³/mol. The van der Waals surface area contributed by atoms with E-state index in [-0.39, 0.29) is 16.6 Å². The summed E-state index contributed by atoms with van der Waals surface area (Å²) in [5, 5.41) is 5.88. The Balaban J connectivity index is 1.91. The summed E-state index contributed by atoms with van der Waals surface area (Å²) in [7, 11) is -3.78. The van der Waals surface area contributed by atoms with Crippen LogP contribution in [0.2, 0.25) is 5.02 Å². The molecule has 0 unspecified atom stereocenters. The Kier molecular flexibility index (Phi) is 5.57. The lowest BCUT2D eigenvalue weighted by Gasteiger charge is -2.08. The fourth-order valence-electron chi connectivity index (χ4n) is 3.75. The van der Waals surface area contributed by atoms with E-state index in [1.807, 2.05) is 24.3 Å². The molecule has 0 amide bonds. The summed E-state index contributed by atoms with van der Waals surface area (Å²) in [6, 6.07) is 13.9. The summed E-state index contributed by atoms with van der Waals surface area (Å²) in [5.41, 5.74) is 5.06. The standard InChI is InChI=1S/C23H23ClN2O3S/c1-2-3-19-20(23(27)16-4-5-16)22(15-8-12-18(13-9-15)30(25,28)29)26-21(19)14-6-10-17(24)11-7-14/h6-13,16,26H,2-5H2,1H3,(H2,25,28,29). The number of rotatable bonds is 7. The van der Waals surface area contributed by atoms with Crippen LogP contribution in [0.15, 0.2) is 53.4 Å². The van der Waals surface area contributed by atoms with E-state index in [1.165, 1.54) is 12.1 Å². The zero-order chi connectivity index (χ0) is 21.5. The van der Waals surface area contributed by atoms with Crippen LogP contribution in [0.4, 0.5) is 0 Å². The van der Waals surface area contributed by atoms with E-state index in [9.17, 15) is 13.2 Å². The number of carbonyl (C=O) groups excluding carboxylic acids is 1. The van der Waals surface area contributed by atoms with Crippen LogP contribution < -0.4 is 5.14 Å². The molecule has 1 aromatic heterocycles. The highest BCUT2D eigenvalue weighted by Crippen LogP contribution is 2.41. The lowest BCUT2D eigenvalue weighted by molar-refractivity contribution is 0.0967. The summed E-state index contributed by atoms with van der Waals surface area (Å²) < 4.78 is 23.2. The molecule has 5 nitrogen and oxygen atoms in total. The fraction of sp³-hybridized carbons (Fsp3) is 0.261. The van der Waals surface area contributed by atoms with Crippen LogP contribution in [0.3, 0.4) is 0 Å². The van der Waals surface area contributed by atoms with Gasteiger partial charge in [-0.2, -0.15) is 0 Å². The van der Waals surface area contributed by atoms with E-state index in [0.717, 1.165) is 53.8 Å². The van der Waals surface area contributed by atoms with Gasteiger partial charge in [0, 0.05) is 22.2 Å². The highest BCUT2D eigenvalue weighted by Gasteiger charge is 2.35. The van der Waals surface area contributed by atoms with Crippen LogP contribution >= 0.6 is 11.6 Å². The normalized spacial score (nSPS) is 14.1. The largest absolute Gasteiger partial charge is 0.354 e. The SMILES string of the molecule is CCCc1c(-c2ccc(Cl)cc2)[nH]c(-c2ccc(S(N)(=O)=O)cc2)c1C(=O)C1CC1. The van der Waals surface area contributed by atoms with Gasteiger partial charge in [-0.15, -0.1) is 0 Å². The molecule has 1 fully saturated rings. The van der Waals surface area contributed by atoms with Crippen LogP contribution in [0.5, 0.6) is 0 Å². The molecule has 1 aliphatic rings. The number of hydrogen-bond donors (Lipinski definition) is 2. The van der Waals surface area contributed by atoms with Crippen molar-refractivity contribution in [3.63, 3.8) is 0 Å². The Morgan fingerprint density at radius 1 is 1.03 bits per heavy atom. The number of nitrogens with one attached hydrogen (secondary N) is 1. The molecule has 1 saturated carbocycles. The Hall–Kier alpha value is -2.41.